The number of para-hydroxylation sites is 2. The molecule has 0 aliphatic carbocycles. The zero-order valence-electron chi connectivity index (χ0n) is 20.1. The molecule has 6 nitrogen and oxygen atoms in total. The monoisotopic (exact) mass is 473 g/mol. The van der Waals surface area contributed by atoms with Crippen molar-refractivity contribution in [2.45, 2.75) is 32.9 Å². The van der Waals surface area contributed by atoms with Crippen molar-refractivity contribution in [3.63, 3.8) is 0 Å². The van der Waals surface area contributed by atoms with Gasteiger partial charge in [0.05, 0.1) is 18.8 Å². The Morgan fingerprint density at radius 3 is 2.40 bits per heavy atom. The van der Waals surface area contributed by atoms with E-state index in [0.717, 1.165) is 23.5 Å². The quantitative estimate of drug-likeness (QED) is 0.298. The lowest BCUT2D eigenvalue weighted by Crippen LogP contribution is -2.42. The fourth-order valence-corrected chi connectivity index (χ4v) is 4.28. The van der Waals surface area contributed by atoms with Crippen LogP contribution in [0.2, 0.25) is 0 Å². The lowest BCUT2D eigenvalue weighted by atomic mass is 10.0. The van der Waals surface area contributed by atoms with E-state index in [4.69, 9.17) is 14.2 Å². The number of aliphatic carboxylic acids is 1. The van der Waals surface area contributed by atoms with Crippen molar-refractivity contribution in [1.29, 1.82) is 0 Å². The average Bonchev–Trinajstić information content (AvgIpc) is 2.88. The van der Waals surface area contributed by atoms with Gasteiger partial charge in [0.1, 0.15) is 18.1 Å². The van der Waals surface area contributed by atoms with Gasteiger partial charge < -0.3 is 24.2 Å². The number of benzene rings is 3. The smallest absolute Gasteiger partial charge is 0.371 e. The molecule has 3 aromatic rings. The molecule has 1 N–H and O–H groups in total. The largest absolute Gasteiger partial charge is 0.490 e. The van der Waals surface area contributed by atoms with Crippen LogP contribution in [-0.2, 0) is 16.1 Å². The molecule has 0 saturated carbocycles. The Hall–Kier alpha value is -3.93. The summed E-state index contributed by atoms with van der Waals surface area (Å²) in [7, 11) is 0. The van der Waals surface area contributed by atoms with E-state index in [1.807, 2.05) is 55.5 Å². The van der Waals surface area contributed by atoms with Gasteiger partial charge in [0, 0.05) is 12.1 Å². The summed E-state index contributed by atoms with van der Waals surface area (Å²) in [5.74, 6) is 0.498. The molecular formula is C29H31NO5. The van der Waals surface area contributed by atoms with E-state index in [9.17, 15) is 9.90 Å². The Bertz CT molecular complexity index is 1160. The minimum atomic E-state index is -1.06. The number of hydrogen-bond acceptors (Lipinski definition) is 5. The van der Waals surface area contributed by atoms with Gasteiger partial charge in [0.15, 0.2) is 6.10 Å². The number of carbonyl (C=O) groups is 1. The first-order valence-corrected chi connectivity index (χ1v) is 12.0. The minimum Gasteiger partial charge on any atom is -0.490 e. The Morgan fingerprint density at radius 2 is 1.71 bits per heavy atom. The minimum absolute atomic E-state index is 0.00329. The highest BCUT2D eigenvalue weighted by Gasteiger charge is 2.26. The Kier molecular flexibility index (Phi) is 7.93. The lowest BCUT2D eigenvalue weighted by molar-refractivity contribution is -0.136. The summed E-state index contributed by atoms with van der Waals surface area (Å²) in [4.78, 5) is 13.9. The molecule has 6 heteroatoms. The summed E-state index contributed by atoms with van der Waals surface area (Å²) >= 11 is 0. The molecule has 1 aliphatic rings. The molecule has 0 bridgehead atoms. The average molecular weight is 474 g/mol. The number of anilines is 1. The van der Waals surface area contributed by atoms with Gasteiger partial charge in [0.25, 0.3) is 0 Å². The first-order valence-electron chi connectivity index (χ1n) is 12.0. The maximum absolute atomic E-state index is 11.6. The summed E-state index contributed by atoms with van der Waals surface area (Å²) in [6.45, 7) is 5.90. The Morgan fingerprint density at radius 1 is 1.00 bits per heavy atom. The zero-order chi connectivity index (χ0) is 24.6. The number of allylic oxidation sites excluding steroid dienone is 1. The van der Waals surface area contributed by atoms with Crippen molar-refractivity contribution in [3.05, 3.63) is 95.7 Å². The van der Waals surface area contributed by atoms with Gasteiger partial charge in [-0.1, -0.05) is 61.5 Å². The van der Waals surface area contributed by atoms with E-state index < -0.39 is 5.97 Å². The molecule has 1 atom stereocenters. The van der Waals surface area contributed by atoms with Crippen molar-refractivity contribution < 1.29 is 24.1 Å². The van der Waals surface area contributed by atoms with Crippen LogP contribution in [0.4, 0.5) is 5.69 Å². The van der Waals surface area contributed by atoms with Gasteiger partial charge in [-0.3, -0.25) is 0 Å². The number of carboxylic acid groups (broad SMARTS) is 1. The second kappa shape index (κ2) is 11.5. The van der Waals surface area contributed by atoms with Crippen LogP contribution in [0.15, 0.2) is 84.6 Å². The van der Waals surface area contributed by atoms with Crippen LogP contribution < -0.4 is 14.4 Å². The molecule has 1 unspecified atom stereocenters. The summed E-state index contributed by atoms with van der Waals surface area (Å²) < 4.78 is 17.7. The van der Waals surface area contributed by atoms with Crippen molar-refractivity contribution in [2.24, 2.45) is 0 Å². The summed E-state index contributed by atoms with van der Waals surface area (Å²) in [6.07, 6.45) is 0.421. The van der Waals surface area contributed by atoms with Gasteiger partial charge >= 0.3 is 5.97 Å². The topological polar surface area (TPSA) is 68.2 Å². The highest BCUT2D eigenvalue weighted by molar-refractivity contribution is 5.94. The highest BCUT2D eigenvalue weighted by Crippen LogP contribution is 2.34. The van der Waals surface area contributed by atoms with E-state index in [2.05, 4.69) is 35.2 Å². The van der Waals surface area contributed by atoms with Crippen LogP contribution in [0.5, 0.6) is 11.5 Å². The van der Waals surface area contributed by atoms with Crippen LogP contribution in [0, 0.1) is 0 Å². The maximum Gasteiger partial charge on any atom is 0.371 e. The van der Waals surface area contributed by atoms with Crippen molar-refractivity contribution in [3.8, 4) is 11.5 Å². The number of fused-ring (bicyclic) bond motifs is 1. The number of ether oxygens (including phenoxy) is 3. The third-order valence-electron chi connectivity index (χ3n) is 5.89. The predicted molar refractivity (Wildman–Crippen MR) is 137 cm³/mol. The molecule has 1 aliphatic heterocycles. The number of carboxylic acids is 1. The fraction of sp³-hybridized carbons (Fsp3) is 0.276. The van der Waals surface area contributed by atoms with Gasteiger partial charge in [0.2, 0.25) is 5.76 Å². The molecule has 0 fully saturated rings. The molecular weight excluding hydrogens is 442 g/mol. The summed E-state index contributed by atoms with van der Waals surface area (Å²) in [5.41, 5.74) is 3.80. The van der Waals surface area contributed by atoms with Crippen molar-refractivity contribution >= 4 is 17.2 Å². The number of nitrogens with zero attached hydrogens (tertiary/aromatic N) is 1. The van der Waals surface area contributed by atoms with E-state index in [-0.39, 0.29) is 11.9 Å². The normalized spacial score (nSPS) is 15.5. The molecule has 0 amide bonds. The van der Waals surface area contributed by atoms with Gasteiger partial charge in [-0.25, -0.2) is 4.79 Å². The van der Waals surface area contributed by atoms with Crippen molar-refractivity contribution in [2.75, 3.05) is 24.7 Å². The van der Waals surface area contributed by atoms with Crippen molar-refractivity contribution in [1.82, 2.24) is 0 Å². The van der Waals surface area contributed by atoms with Gasteiger partial charge in [-0.2, -0.15) is 0 Å². The zero-order valence-corrected chi connectivity index (χ0v) is 20.1. The standard InChI is InChI=1S/C29H31NO5/c1-3-25(28(29(31)32)33-4-2)22-14-16-23(17-15-22)34-20-24-19-30(18-21-10-6-5-7-11-21)26-12-8-9-13-27(26)35-24/h5-17,24H,3-4,18-20H2,1-2H3,(H,31,32). The predicted octanol–water partition coefficient (Wildman–Crippen LogP) is 5.78. The van der Waals surface area contributed by atoms with E-state index >= 15 is 0 Å². The van der Waals surface area contributed by atoms with Crippen LogP contribution in [0.1, 0.15) is 31.4 Å². The molecule has 182 valence electrons. The van der Waals surface area contributed by atoms with Crippen LogP contribution in [0.25, 0.3) is 5.57 Å². The fourth-order valence-electron chi connectivity index (χ4n) is 4.28. The molecule has 1 heterocycles. The molecule has 35 heavy (non-hydrogen) atoms. The molecule has 0 radical (unpaired) electrons. The number of hydrogen-bond donors (Lipinski definition) is 1. The van der Waals surface area contributed by atoms with Gasteiger partial charge in [-0.05, 0) is 48.7 Å². The highest BCUT2D eigenvalue weighted by atomic mass is 16.5. The Labute approximate surface area is 206 Å². The van der Waals surface area contributed by atoms with Crippen LogP contribution in [0.3, 0.4) is 0 Å². The molecule has 0 aromatic heterocycles. The number of rotatable bonds is 10. The maximum atomic E-state index is 11.6. The lowest BCUT2D eigenvalue weighted by Gasteiger charge is -2.36. The second-order valence-corrected chi connectivity index (χ2v) is 8.31. The van der Waals surface area contributed by atoms with E-state index in [1.165, 1.54) is 5.56 Å². The SMILES string of the molecule is CCOC(C(=O)O)=C(CC)c1ccc(OCC2CN(Cc3ccccc3)c3ccccc3O2)cc1. The molecule has 0 saturated heterocycles. The Balaban J connectivity index is 1.45. The summed E-state index contributed by atoms with van der Waals surface area (Å²) in [5, 5.41) is 9.51. The third-order valence-corrected chi connectivity index (χ3v) is 5.89. The second-order valence-electron chi connectivity index (χ2n) is 8.31. The summed E-state index contributed by atoms with van der Waals surface area (Å²) in [6, 6.07) is 25.9. The van der Waals surface area contributed by atoms with Crippen LogP contribution >= 0.6 is 0 Å². The molecule has 3 aromatic carbocycles. The van der Waals surface area contributed by atoms with E-state index in [0.29, 0.717) is 37.5 Å². The van der Waals surface area contributed by atoms with Crippen LogP contribution in [-0.4, -0.2) is 36.9 Å². The third kappa shape index (κ3) is 5.96. The van der Waals surface area contributed by atoms with Gasteiger partial charge in [-0.15, -0.1) is 0 Å². The molecule has 0 spiro atoms. The van der Waals surface area contributed by atoms with E-state index in [1.54, 1.807) is 6.92 Å². The first kappa shape index (κ1) is 24.2. The first-order chi connectivity index (χ1) is 17.1. The molecule has 4 rings (SSSR count).